The third kappa shape index (κ3) is 3.54. The minimum atomic E-state index is 0.415. The molecule has 0 saturated carbocycles. The smallest absolute Gasteiger partial charge is 0.227 e. The highest BCUT2D eigenvalue weighted by Crippen LogP contribution is 2.32. The second kappa shape index (κ2) is 6.97. The van der Waals surface area contributed by atoms with Crippen molar-refractivity contribution in [3.8, 4) is 16.3 Å². The summed E-state index contributed by atoms with van der Waals surface area (Å²) in [5.74, 6) is 1.76. The second-order valence-corrected chi connectivity index (χ2v) is 6.77. The SMILES string of the molecule is COc1cccc(Nc2nccc(-c3sc(C(C)C)nc3C)n2)c1. The normalized spacial score (nSPS) is 10.9. The van der Waals surface area contributed by atoms with Crippen LogP contribution in [0, 0.1) is 6.92 Å². The van der Waals surface area contributed by atoms with E-state index in [4.69, 9.17) is 4.74 Å². The number of thiazole rings is 1. The zero-order chi connectivity index (χ0) is 17.1. The fourth-order valence-corrected chi connectivity index (χ4v) is 3.32. The van der Waals surface area contributed by atoms with Crippen molar-refractivity contribution >= 4 is 23.0 Å². The van der Waals surface area contributed by atoms with Crippen LogP contribution in [0.1, 0.15) is 30.5 Å². The zero-order valence-electron chi connectivity index (χ0n) is 14.2. The van der Waals surface area contributed by atoms with E-state index >= 15 is 0 Å². The monoisotopic (exact) mass is 340 g/mol. The molecule has 124 valence electrons. The predicted molar refractivity (Wildman–Crippen MR) is 98.2 cm³/mol. The quantitative estimate of drug-likeness (QED) is 0.724. The van der Waals surface area contributed by atoms with Crippen LogP contribution in [-0.4, -0.2) is 22.1 Å². The molecule has 1 N–H and O–H groups in total. The van der Waals surface area contributed by atoms with Gasteiger partial charge in [0.15, 0.2) is 0 Å². The van der Waals surface area contributed by atoms with Crippen molar-refractivity contribution in [1.29, 1.82) is 0 Å². The summed E-state index contributed by atoms with van der Waals surface area (Å²) in [5.41, 5.74) is 2.78. The van der Waals surface area contributed by atoms with Crippen molar-refractivity contribution in [2.75, 3.05) is 12.4 Å². The Balaban J connectivity index is 1.89. The summed E-state index contributed by atoms with van der Waals surface area (Å²) < 4.78 is 5.24. The van der Waals surface area contributed by atoms with Crippen LogP contribution >= 0.6 is 11.3 Å². The summed E-state index contributed by atoms with van der Waals surface area (Å²) >= 11 is 1.69. The van der Waals surface area contributed by atoms with Gasteiger partial charge in [-0.2, -0.15) is 0 Å². The molecule has 2 aromatic heterocycles. The van der Waals surface area contributed by atoms with Gasteiger partial charge in [0.25, 0.3) is 0 Å². The Labute approximate surface area is 145 Å². The predicted octanol–water partition coefficient (Wildman–Crippen LogP) is 4.78. The molecule has 2 heterocycles. The van der Waals surface area contributed by atoms with E-state index in [2.05, 4.69) is 34.1 Å². The van der Waals surface area contributed by atoms with Crippen molar-refractivity contribution in [2.24, 2.45) is 0 Å². The Bertz CT molecular complexity index is 845. The first kappa shape index (κ1) is 16.4. The molecule has 0 spiro atoms. The number of nitrogens with one attached hydrogen (secondary N) is 1. The van der Waals surface area contributed by atoms with Crippen LogP contribution in [-0.2, 0) is 0 Å². The van der Waals surface area contributed by atoms with Crippen LogP contribution in [0.3, 0.4) is 0 Å². The molecule has 1 aromatic carbocycles. The van der Waals surface area contributed by atoms with Gasteiger partial charge in [0, 0.05) is 23.9 Å². The fraction of sp³-hybridized carbons (Fsp3) is 0.278. The van der Waals surface area contributed by atoms with Crippen LogP contribution in [0.5, 0.6) is 5.75 Å². The highest BCUT2D eigenvalue weighted by molar-refractivity contribution is 7.15. The molecule has 0 fully saturated rings. The molecule has 0 bridgehead atoms. The molecule has 3 rings (SSSR count). The van der Waals surface area contributed by atoms with Crippen molar-refractivity contribution in [3.05, 3.63) is 47.2 Å². The van der Waals surface area contributed by atoms with Crippen molar-refractivity contribution in [3.63, 3.8) is 0 Å². The van der Waals surface area contributed by atoms with E-state index in [-0.39, 0.29) is 0 Å². The van der Waals surface area contributed by atoms with Crippen molar-refractivity contribution < 1.29 is 4.74 Å². The minimum absolute atomic E-state index is 0.415. The summed E-state index contributed by atoms with van der Waals surface area (Å²) in [4.78, 5) is 14.7. The molecule has 0 amide bonds. The summed E-state index contributed by atoms with van der Waals surface area (Å²) in [7, 11) is 1.65. The number of hydrogen-bond donors (Lipinski definition) is 1. The van der Waals surface area contributed by atoms with Gasteiger partial charge in [-0.15, -0.1) is 11.3 Å². The van der Waals surface area contributed by atoms with Gasteiger partial charge in [0.2, 0.25) is 5.95 Å². The molecule has 0 saturated heterocycles. The average Bonchev–Trinajstić information content (AvgIpc) is 2.97. The molecule has 3 aromatic rings. The van der Waals surface area contributed by atoms with E-state index in [0.29, 0.717) is 11.9 Å². The maximum atomic E-state index is 5.24. The lowest BCUT2D eigenvalue weighted by atomic mass is 10.2. The fourth-order valence-electron chi connectivity index (χ4n) is 2.28. The molecule has 0 radical (unpaired) electrons. The summed E-state index contributed by atoms with van der Waals surface area (Å²) in [6, 6.07) is 9.60. The first-order valence-corrected chi connectivity index (χ1v) is 8.60. The standard InChI is InChI=1S/C18H20N4OS/c1-11(2)17-20-12(3)16(24-17)15-8-9-19-18(22-15)21-13-6-5-7-14(10-13)23-4/h5-11H,1-4H3,(H,19,21,22). The number of hydrogen-bond acceptors (Lipinski definition) is 6. The van der Waals surface area contributed by atoms with E-state index in [1.54, 1.807) is 24.6 Å². The van der Waals surface area contributed by atoms with Crippen molar-refractivity contribution in [1.82, 2.24) is 15.0 Å². The highest BCUT2D eigenvalue weighted by Gasteiger charge is 2.14. The topological polar surface area (TPSA) is 59.9 Å². The van der Waals surface area contributed by atoms with E-state index in [0.717, 1.165) is 32.7 Å². The number of benzene rings is 1. The first-order chi connectivity index (χ1) is 11.6. The third-order valence-corrected chi connectivity index (χ3v) is 5.00. The van der Waals surface area contributed by atoms with Crippen LogP contribution in [0.4, 0.5) is 11.6 Å². The second-order valence-electron chi connectivity index (χ2n) is 5.74. The number of methoxy groups -OCH3 is 1. The van der Waals surface area contributed by atoms with E-state index in [1.165, 1.54) is 0 Å². The molecule has 6 heteroatoms. The Hall–Kier alpha value is -2.47. The van der Waals surface area contributed by atoms with Gasteiger partial charge in [-0.25, -0.2) is 15.0 Å². The molecular weight excluding hydrogens is 320 g/mol. The van der Waals surface area contributed by atoms with E-state index in [9.17, 15) is 0 Å². The molecule has 0 unspecified atom stereocenters. The first-order valence-electron chi connectivity index (χ1n) is 7.78. The van der Waals surface area contributed by atoms with Gasteiger partial charge in [-0.05, 0) is 25.1 Å². The van der Waals surface area contributed by atoms with E-state index < -0.39 is 0 Å². The van der Waals surface area contributed by atoms with Crippen LogP contribution in [0.25, 0.3) is 10.6 Å². The Morgan fingerprint density at radius 1 is 1.17 bits per heavy atom. The van der Waals surface area contributed by atoms with Crippen molar-refractivity contribution in [2.45, 2.75) is 26.7 Å². The molecule has 24 heavy (non-hydrogen) atoms. The summed E-state index contributed by atoms with van der Waals surface area (Å²) in [5, 5.41) is 4.35. The number of nitrogens with zero attached hydrogens (tertiary/aromatic N) is 3. The van der Waals surface area contributed by atoms with Gasteiger partial charge in [0.1, 0.15) is 5.75 Å². The lowest BCUT2D eigenvalue weighted by Gasteiger charge is -2.07. The molecule has 0 aliphatic heterocycles. The van der Waals surface area contributed by atoms with E-state index in [1.807, 2.05) is 37.3 Å². The lowest BCUT2D eigenvalue weighted by Crippen LogP contribution is -1.98. The molecule has 0 aliphatic rings. The number of ether oxygens (including phenoxy) is 1. The Morgan fingerprint density at radius 2 is 2.00 bits per heavy atom. The largest absolute Gasteiger partial charge is 0.497 e. The molecule has 0 aliphatic carbocycles. The zero-order valence-corrected chi connectivity index (χ0v) is 15.0. The van der Waals surface area contributed by atoms with Gasteiger partial charge in [0.05, 0.1) is 28.4 Å². The number of rotatable bonds is 5. The Morgan fingerprint density at radius 3 is 2.71 bits per heavy atom. The summed E-state index contributed by atoms with van der Waals surface area (Å²) in [6.07, 6.45) is 1.76. The lowest BCUT2D eigenvalue weighted by molar-refractivity contribution is 0.415. The number of aryl methyl sites for hydroxylation is 1. The van der Waals surface area contributed by atoms with Gasteiger partial charge >= 0.3 is 0 Å². The number of anilines is 2. The Kier molecular flexibility index (Phi) is 4.76. The molecule has 5 nitrogen and oxygen atoms in total. The molecular formula is C18H20N4OS. The van der Waals surface area contributed by atoms with Gasteiger partial charge < -0.3 is 10.1 Å². The maximum Gasteiger partial charge on any atom is 0.227 e. The van der Waals surface area contributed by atoms with Crippen LogP contribution in [0.2, 0.25) is 0 Å². The van der Waals surface area contributed by atoms with Gasteiger partial charge in [-0.1, -0.05) is 19.9 Å². The maximum absolute atomic E-state index is 5.24. The minimum Gasteiger partial charge on any atom is -0.497 e. The van der Waals surface area contributed by atoms with Gasteiger partial charge in [-0.3, -0.25) is 0 Å². The highest BCUT2D eigenvalue weighted by atomic mass is 32.1. The van der Waals surface area contributed by atoms with Crippen LogP contribution in [0.15, 0.2) is 36.5 Å². The molecule has 0 atom stereocenters. The third-order valence-electron chi connectivity index (χ3n) is 3.52. The van der Waals surface area contributed by atoms with Crippen LogP contribution < -0.4 is 10.1 Å². The summed E-state index contributed by atoms with van der Waals surface area (Å²) in [6.45, 7) is 6.32. The average molecular weight is 340 g/mol. The number of aromatic nitrogens is 3.